The largest absolute Gasteiger partial charge is 0.454 e. The second-order valence-corrected chi connectivity index (χ2v) is 14.2. The second kappa shape index (κ2) is 12.6. The lowest BCUT2D eigenvalue weighted by Crippen LogP contribution is -1.95. The predicted octanol–water partition coefficient (Wildman–Crippen LogP) is 14.6. The van der Waals surface area contributed by atoms with Crippen LogP contribution in [0.2, 0.25) is 0 Å². The summed E-state index contributed by atoms with van der Waals surface area (Å²) in [5, 5.41) is 10.8. The third kappa shape index (κ3) is 5.20. The highest BCUT2D eigenvalue weighted by Gasteiger charge is 2.17. The lowest BCUT2D eigenvalue weighted by molar-refractivity contribution is 0.670. The monoisotopic (exact) mass is 702 g/mol. The molecule has 0 radical (unpaired) electrons. The molecule has 9 aromatic carbocycles. The van der Waals surface area contributed by atoms with Gasteiger partial charge in [-0.25, -0.2) is 0 Å². The van der Waals surface area contributed by atoms with Gasteiger partial charge < -0.3 is 14.3 Å². The summed E-state index contributed by atoms with van der Waals surface area (Å²) in [7, 11) is 0. The van der Waals surface area contributed by atoms with Gasteiger partial charge in [-0.1, -0.05) is 158 Å². The molecule has 0 unspecified atom stereocenters. The fourth-order valence-corrected chi connectivity index (χ4v) is 8.36. The SMILES string of the molecule is c1ccc(-n2c3ccccc3c3cccc(-c4ccc(-c5ccc(-c6ccc(Nc7cc8ccccc8c8c7oc7ccccc78)cc6)cc5)cc4)c32)cc1. The van der Waals surface area contributed by atoms with Gasteiger partial charge in [0.15, 0.2) is 5.58 Å². The van der Waals surface area contributed by atoms with E-state index in [9.17, 15) is 0 Å². The maximum atomic E-state index is 6.42. The molecule has 0 bridgehead atoms. The van der Waals surface area contributed by atoms with Crippen molar-refractivity contribution in [2.75, 3.05) is 5.32 Å². The summed E-state index contributed by atoms with van der Waals surface area (Å²) in [5.74, 6) is 0. The van der Waals surface area contributed by atoms with E-state index in [0.29, 0.717) is 0 Å². The molecule has 0 aliphatic rings. The molecule has 258 valence electrons. The Balaban J connectivity index is 0.873. The molecule has 0 saturated heterocycles. The summed E-state index contributed by atoms with van der Waals surface area (Å²) in [5.41, 5.74) is 14.5. The van der Waals surface area contributed by atoms with Crippen LogP contribution in [0.4, 0.5) is 11.4 Å². The van der Waals surface area contributed by atoms with E-state index >= 15 is 0 Å². The van der Waals surface area contributed by atoms with E-state index in [4.69, 9.17) is 4.42 Å². The summed E-state index contributed by atoms with van der Waals surface area (Å²) in [6, 6.07) is 71.5. The smallest absolute Gasteiger partial charge is 0.159 e. The highest BCUT2D eigenvalue weighted by atomic mass is 16.3. The summed E-state index contributed by atoms with van der Waals surface area (Å²) >= 11 is 0. The first kappa shape index (κ1) is 31.2. The molecule has 0 fully saturated rings. The molecular weight excluding hydrogens is 669 g/mol. The van der Waals surface area contributed by atoms with Gasteiger partial charge in [-0.3, -0.25) is 0 Å². The van der Waals surface area contributed by atoms with Crippen molar-refractivity contribution in [2.45, 2.75) is 0 Å². The maximum Gasteiger partial charge on any atom is 0.159 e. The van der Waals surface area contributed by atoms with E-state index in [1.54, 1.807) is 0 Å². The second-order valence-electron chi connectivity index (χ2n) is 14.2. The van der Waals surface area contributed by atoms with E-state index in [1.807, 2.05) is 12.1 Å². The minimum atomic E-state index is 0.875. The molecule has 0 atom stereocenters. The van der Waals surface area contributed by atoms with Crippen molar-refractivity contribution in [3.63, 3.8) is 0 Å². The number of hydrogen-bond donors (Lipinski definition) is 1. The highest BCUT2D eigenvalue weighted by Crippen LogP contribution is 2.41. The van der Waals surface area contributed by atoms with Gasteiger partial charge in [0.2, 0.25) is 0 Å². The standard InChI is InChI=1S/C52H34N2O/c1-2-12-41(13-3-1)54-48-19-8-6-15-44(48)45-18-10-17-43(51(45)54)38-27-25-36(26-28-38)34-21-23-35(24-22-34)37-29-31-40(32-30-37)53-47-33-39-11-4-5-14-42(39)50-46-16-7-9-20-49(46)55-52(47)50/h1-33,53H. The van der Waals surface area contributed by atoms with Gasteiger partial charge in [-0.05, 0) is 81.1 Å². The highest BCUT2D eigenvalue weighted by molar-refractivity contribution is 6.22. The summed E-state index contributed by atoms with van der Waals surface area (Å²) < 4.78 is 8.82. The zero-order valence-electron chi connectivity index (χ0n) is 29.9. The van der Waals surface area contributed by atoms with E-state index in [1.165, 1.54) is 66.0 Å². The summed E-state index contributed by atoms with van der Waals surface area (Å²) in [6.45, 7) is 0. The van der Waals surface area contributed by atoms with Gasteiger partial charge >= 0.3 is 0 Å². The molecule has 11 rings (SSSR count). The van der Waals surface area contributed by atoms with Crippen LogP contribution in [0.1, 0.15) is 0 Å². The van der Waals surface area contributed by atoms with Crippen molar-refractivity contribution in [3.8, 4) is 39.1 Å². The number of nitrogens with zero attached hydrogens (tertiary/aromatic N) is 1. The zero-order chi connectivity index (χ0) is 36.3. The van der Waals surface area contributed by atoms with Crippen LogP contribution in [-0.4, -0.2) is 4.57 Å². The molecule has 0 amide bonds. The third-order valence-electron chi connectivity index (χ3n) is 11.0. The fourth-order valence-electron chi connectivity index (χ4n) is 8.36. The van der Waals surface area contributed by atoms with Crippen LogP contribution in [0.15, 0.2) is 205 Å². The molecule has 0 spiro atoms. The van der Waals surface area contributed by atoms with Crippen molar-refractivity contribution >= 4 is 65.9 Å². The summed E-state index contributed by atoms with van der Waals surface area (Å²) in [6.07, 6.45) is 0. The Labute approximate surface area is 318 Å². The average Bonchev–Trinajstić information content (AvgIpc) is 3.82. The minimum absolute atomic E-state index is 0.875. The molecule has 2 heterocycles. The van der Waals surface area contributed by atoms with Crippen LogP contribution in [0.3, 0.4) is 0 Å². The quantitative estimate of drug-likeness (QED) is 0.187. The first-order valence-corrected chi connectivity index (χ1v) is 18.8. The van der Waals surface area contributed by atoms with Gasteiger partial charge in [0.25, 0.3) is 0 Å². The Morgan fingerprint density at radius 2 is 0.982 bits per heavy atom. The van der Waals surface area contributed by atoms with Crippen molar-refractivity contribution < 1.29 is 4.42 Å². The van der Waals surface area contributed by atoms with Gasteiger partial charge in [-0.15, -0.1) is 0 Å². The van der Waals surface area contributed by atoms with Crippen molar-refractivity contribution in [1.82, 2.24) is 4.57 Å². The Kier molecular flexibility index (Phi) is 7.17. The number of benzene rings is 9. The van der Waals surface area contributed by atoms with Crippen LogP contribution in [0, 0.1) is 0 Å². The molecule has 11 aromatic rings. The van der Waals surface area contributed by atoms with E-state index in [-0.39, 0.29) is 0 Å². The number of anilines is 2. The molecule has 2 aromatic heterocycles. The van der Waals surface area contributed by atoms with Crippen LogP contribution in [0.25, 0.3) is 93.6 Å². The number of hydrogen-bond acceptors (Lipinski definition) is 2. The van der Waals surface area contributed by atoms with Crippen molar-refractivity contribution in [3.05, 3.63) is 200 Å². The Morgan fingerprint density at radius 3 is 1.71 bits per heavy atom. The lowest BCUT2D eigenvalue weighted by Gasteiger charge is -2.12. The van der Waals surface area contributed by atoms with Gasteiger partial charge in [0.05, 0.1) is 16.7 Å². The van der Waals surface area contributed by atoms with Crippen molar-refractivity contribution in [2.24, 2.45) is 0 Å². The van der Waals surface area contributed by atoms with Gasteiger partial charge in [-0.2, -0.15) is 0 Å². The molecule has 55 heavy (non-hydrogen) atoms. The zero-order valence-corrected chi connectivity index (χ0v) is 29.9. The molecular formula is C52H34N2O. The van der Waals surface area contributed by atoms with Crippen LogP contribution in [0.5, 0.6) is 0 Å². The molecule has 1 N–H and O–H groups in total. The molecule has 3 heteroatoms. The number of nitrogens with one attached hydrogen (secondary N) is 1. The predicted molar refractivity (Wildman–Crippen MR) is 232 cm³/mol. The first-order chi connectivity index (χ1) is 27.3. The third-order valence-corrected chi connectivity index (χ3v) is 11.0. The molecule has 0 saturated carbocycles. The summed E-state index contributed by atoms with van der Waals surface area (Å²) in [4.78, 5) is 0. The van der Waals surface area contributed by atoms with Gasteiger partial charge in [0.1, 0.15) is 5.58 Å². The lowest BCUT2D eigenvalue weighted by atomic mass is 9.97. The average molecular weight is 703 g/mol. The first-order valence-electron chi connectivity index (χ1n) is 18.8. The van der Waals surface area contributed by atoms with Crippen LogP contribution < -0.4 is 5.32 Å². The molecule has 0 aliphatic heterocycles. The Morgan fingerprint density at radius 1 is 0.418 bits per heavy atom. The number of aromatic nitrogens is 1. The van der Waals surface area contributed by atoms with Gasteiger partial charge in [0, 0.05) is 38.5 Å². The Hall–Kier alpha value is -7.36. The number of fused-ring (bicyclic) bond motifs is 8. The van der Waals surface area contributed by atoms with E-state index in [0.717, 1.165) is 39.0 Å². The van der Waals surface area contributed by atoms with Crippen LogP contribution >= 0.6 is 0 Å². The maximum absolute atomic E-state index is 6.42. The molecule has 0 aliphatic carbocycles. The van der Waals surface area contributed by atoms with E-state index < -0.39 is 0 Å². The Bertz CT molecular complexity index is 3190. The number of rotatable bonds is 6. The number of furan rings is 1. The van der Waals surface area contributed by atoms with E-state index in [2.05, 4.69) is 198 Å². The van der Waals surface area contributed by atoms with Crippen molar-refractivity contribution in [1.29, 1.82) is 0 Å². The topological polar surface area (TPSA) is 30.1 Å². The fraction of sp³-hybridized carbons (Fsp3) is 0. The number of para-hydroxylation sites is 4. The minimum Gasteiger partial charge on any atom is -0.454 e. The van der Waals surface area contributed by atoms with Crippen LogP contribution in [-0.2, 0) is 0 Å². The molecule has 3 nitrogen and oxygen atoms in total. The normalized spacial score (nSPS) is 11.6.